The third-order valence-electron chi connectivity index (χ3n) is 10.8. The van der Waals surface area contributed by atoms with Gasteiger partial charge in [-0.15, -0.1) is 26.3 Å². The third kappa shape index (κ3) is 19.5. The number of carbonyl (C=O) groups excluding carboxylic acids is 1. The van der Waals surface area contributed by atoms with Crippen molar-refractivity contribution in [3.63, 3.8) is 0 Å². The largest absolute Gasteiger partial charge is 0.303 e. The summed E-state index contributed by atoms with van der Waals surface area (Å²) < 4.78 is 0. The van der Waals surface area contributed by atoms with Crippen LogP contribution in [0.15, 0.2) is 73.9 Å². The minimum absolute atomic E-state index is 0.537. The minimum Gasteiger partial charge on any atom is -0.303 e. The predicted molar refractivity (Wildman–Crippen MR) is 232 cm³/mol. The highest BCUT2D eigenvalue weighted by Crippen LogP contribution is 2.46. The molecular weight excluding hydrogens is 798 g/mol. The molecule has 0 saturated heterocycles. The van der Waals surface area contributed by atoms with Crippen LogP contribution in [-0.2, 0) is 4.79 Å². The fraction of sp³-hybridized carbons (Fsp3) is 0.705. The van der Waals surface area contributed by atoms with E-state index in [2.05, 4.69) is 157 Å². The van der Waals surface area contributed by atoms with Gasteiger partial charge in [-0.1, -0.05) is 103 Å². The summed E-state index contributed by atoms with van der Waals surface area (Å²) in [5.41, 5.74) is 3.14. The van der Waals surface area contributed by atoms with Crippen molar-refractivity contribution >= 4 is 43.5 Å². The second-order valence-electron chi connectivity index (χ2n) is 15.4. The first-order chi connectivity index (χ1) is 22.3. The molecule has 0 N–H and O–H groups in total. The van der Waals surface area contributed by atoms with Crippen LogP contribution in [-0.4, -0.2) is 6.29 Å². The summed E-state index contributed by atoms with van der Waals surface area (Å²) in [4.78, 5) is 11.1. The molecule has 3 heteroatoms. The Labute approximate surface area is 318 Å². The monoisotopic (exact) mass is 874 g/mol. The molecule has 3 unspecified atom stereocenters. The van der Waals surface area contributed by atoms with Crippen LogP contribution < -0.4 is 0 Å². The number of halogens is 2. The summed E-state index contributed by atoms with van der Waals surface area (Å²) >= 11 is 4.24. The molecule has 0 fully saturated rings. The zero-order valence-electron chi connectivity index (χ0n) is 32.5. The Morgan fingerprint density at radius 3 is 1.32 bits per heavy atom. The van der Waals surface area contributed by atoms with Gasteiger partial charge in [-0.25, -0.2) is 0 Å². The van der Waals surface area contributed by atoms with Crippen molar-refractivity contribution in [1.29, 1.82) is 0 Å². The van der Waals surface area contributed by atoms with Crippen LogP contribution in [0.1, 0.15) is 133 Å². The fourth-order valence-corrected chi connectivity index (χ4v) is 8.09. The smallest absolute Gasteiger partial charge is 0.120 e. The summed E-state index contributed by atoms with van der Waals surface area (Å²) in [6, 6.07) is 0. The van der Waals surface area contributed by atoms with Gasteiger partial charge in [0.15, 0.2) is 0 Å². The second-order valence-corrected chi connectivity index (χ2v) is 15.4. The lowest BCUT2D eigenvalue weighted by Gasteiger charge is -2.42. The number of aldehydes is 1. The van der Waals surface area contributed by atoms with Gasteiger partial charge in [0.25, 0.3) is 0 Å². The van der Waals surface area contributed by atoms with Crippen molar-refractivity contribution < 1.29 is 4.79 Å². The van der Waals surface area contributed by atoms with Gasteiger partial charge in [-0.3, -0.25) is 0 Å². The first kappa shape index (κ1) is 48.7. The minimum atomic E-state index is 0.537. The summed E-state index contributed by atoms with van der Waals surface area (Å²) in [6.07, 6.45) is 25.6. The summed E-state index contributed by atoms with van der Waals surface area (Å²) in [7, 11) is 0. The first-order valence-electron chi connectivity index (χ1n) is 18.7. The summed E-state index contributed by atoms with van der Waals surface area (Å²) in [6.45, 7) is 38.3. The van der Waals surface area contributed by atoms with E-state index in [0.29, 0.717) is 29.6 Å². The molecule has 2 aliphatic carbocycles. The molecule has 0 spiro atoms. The maximum absolute atomic E-state index is 11.1. The van der Waals surface area contributed by atoms with Crippen LogP contribution >= 0.6 is 37.2 Å². The van der Waals surface area contributed by atoms with Crippen molar-refractivity contribution in [2.24, 2.45) is 65.1 Å². The molecule has 0 aromatic heterocycles. The summed E-state index contributed by atoms with van der Waals surface area (Å²) in [5.74, 6) is 7.83. The Hall–Kier alpha value is -0.430. The molecule has 0 amide bonds. The quantitative estimate of drug-likeness (QED) is 0.0808. The highest BCUT2D eigenvalue weighted by molar-refractivity contribution is 15.0. The molecule has 0 radical (unpaired) electrons. The van der Waals surface area contributed by atoms with Crippen LogP contribution in [0.3, 0.4) is 0 Å². The standard InChI is InChI=1S/C22H38.C18H30O.C4H8.I2/c1-8-10-17(5)14-21-19(7)12-13-20(16(3)4)22(21)15-18(6)11-9-2;1-6-7-14(4)12-18-15(5)8-9-16(13(2)3)17(18)10-11-19;1-3-4-2;1-2/h8-9,12,16-18,20-22H,1-2,10-11,13-15H2,3-7H3;6,8,11,13-14,16-18H,1,7,9-10,12H2,2-5H3;3H,1,4H2,2H3;/t17?,18?,20-,21+,22-;14?,16-,17-,18+;;/m11../s1. The molecule has 0 aromatic carbocycles. The number of allylic oxidation sites excluding steroid dienone is 8. The van der Waals surface area contributed by atoms with Crippen LogP contribution in [0, 0.1) is 65.1 Å². The molecular formula is C44H76I2O. The van der Waals surface area contributed by atoms with Gasteiger partial charge in [0, 0.05) is 43.7 Å². The van der Waals surface area contributed by atoms with Crippen molar-refractivity contribution in [2.45, 2.75) is 133 Å². The molecule has 0 saturated carbocycles. The van der Waals surface area contributed by atoms with Crippen molar-refractivity contribution in [3.8, 4) is 0 Å². The van der Waals surface area contributed by atoms with Crippen molar-refractivity contribution in [2.75, 3.05) is 0 Å². The Bertz CT molecular complexity index is 912. The number of rotatable bonds is 17. The van der Waals surface area contributed by atoms with Gasteiger partial charge >= 0.3 is 0 Å². The van der Waals surface area contributed by atoms with E-state index in [0.717, 1.165) is 80.3 Å². The molecule has 1 nitrogen and oxygen atoms in total. The van der Waals surface area contributed by atoms with Gasteiger partial charge < -0.3 is 4.79 Å². The van der Waals surface area contributed by atoms with E-state index in [1.807, 2.05) is 12.2 Å². The molecule has 47 heavy (non-hydrogen) atoms. The van der Waals surface area contributed by atoms with E-state index >= 15 is 0 Å². The highest BCUT2D eigenvalue weighted by atomic mass is 128. The molecule has 272 valence electrons. The Morgan fingerprint density at radius 1 is 0.660 bits per heavy atom. The number of carbonyl (C=O) groups is 1. The SMILES string of the molecule is C=CCC.C=CCC(C)C[C@@H]1[C@@H](C(C)C)CC=C(C)[C@@H]1CC(C)CC=C.C=CCC(C)C[C@H]1C(C)=CC[C@H](C(C)C)[C@H]1CC=O.II. The normalized spacial score (nSPS) is 25.5. The Morgan fingerprint density at radius 2 is 1.00 bits per heavy atom. The summed E-state index contributed by atoms with van der Waals surface area (Å²) in [5, 5.41) is 0. The molecule has 9 atom stereocenters. The maximum atomic E-state index is 11.1. The average molecular weight is 875 g/mol. The van der Waals surface area contributed by atoms with E-state index in [1.165, 1.54) is 31.3 Å². The van der Waals surface area contributed by atoms with Gasteiger partial charge in [0.2, 0.25) is 0 Å². The predicted octanol–water partition coefficient (Wildman–Crippen LogP) is 15.4. The van der Waals surface area contributed by atoms with E-state index in [9.17, 15) is 4.79 Å². The molecule has 0 aliphatic heterocycles. The Balaban J connectivity index is 0. The topological polar surface area (TPSA) is 17.1 Å². The lowest BCUT2D eigenvalue weighted by Crippen LogP contribution is -2.33. The Kier molecular flexibility index (Phi) is 30.4. The highest BCUT2D eigenvalue weighted by Gasteiger charge is 2.36. The first-order valence-corrected chi connectivity index (χ1v) is 25.0. The van der Waals surface area contributed by atoms with Gasteiger partial charge in [0.05, 0.1) is 0 Å². The lowest BCUT2D eigenvalue weighted by atomic mass is 9.63. The third-order valence-corrected chi connectivity index (χ3v) is 10.8. The van der Waals surface area contributed by atoms with Crippen molar-refractivity contribution in [1.82, 2.24) is 0 Å². The van der Waals surface area contributed by atoms with E-state index in [-0.39, 0.29) is 0 Å². The lowest BCUT2D eigenvalue weighted by molar-refractivity contribution is -0.109. The second kappa shape index (κ2) is 29.3. The van der Waals surface area contributed by atoms with E-state index < -0.39 is 0 Å². The molecule has 2 aliphatic rings. The van der Waals surface area contributed by atoms with Crippen LogP contribution in [0.5, 0.6) is 0 Å². The van der Waals surface area contributed by atoms with Crippen molar-refractivity contribution in [3.05, 3.63) is 73.9 Å². The number of hydrogen-bond donors (Lipinski definition) is 0. The molecule has 0 heterocycles. The number of hydrogen-bond acceptors (Lipinski definition) is 1. The maximum Gasteiger partial charge on any atom is 0.120 e. The average Bonchev–Trinajstić information content (AvgIpc) is 3.02. The van der Waals surface area contributed by atoms with E-state index in [4.69, 9.17) is 0 Å². The van der Waals surface area contributed by atoms with Gasteiger partial charge in [-0.05, 0) is 137 Å². The molecule has 0 aromatic rings. The fourth-order valence-electron chi connectivity index (χ4n) is 8.09. The molecule has 0 bridgehead atoms. The van der Waals surface area contributed by atoms with Crippen LogP contribution in [0.4, 0.5) is 0 Å². The van der Waals surface area contributed by atoms with Crippen LogP contribution in [0.2, 0.25) is 0 Å². The van der Waals surface area contributed by atoms with Crippen LogP contribution in [0.25, 0.3) is 0 Å². The van der Waals surface area contributed by atoms with Gasteiger partial charge in [-0.2, -0.15) is 0 Å². The zero-order valence-corrected chi connectivity index (χ0v) is 36.8. The van der Waals surface area contributed by atoms with E-state index in [1.54, 1.807) is 5.57 Å². The molecule has 2 rings (SSSR count). The zero-order chi connectivity index (χ0) is 36.5. The van der Waals surface area contributed by atoms with Gasteiger partial charge in [0.1, 0.15) is 6.29 Å².